The van der Waals surface area contributed by atoms with Crippen LogP contribution in [0.15, 0.2) is 48.8 Å². The maximum Gasteiger partial charge on any atom is 0.170 e. The molecule has 1 spiro atoms. The standard InChI is InChI=1S/C26H21F2NO3/c1-15-9-20-24(31)12-26(7-2-8-26)32-25(20)11-18(15)16-3-5-17(6-4-16)23(30)10-19-21(27)13-29-14-22(19)28/h3-6,9,11,13-14H,2,7-8,10,12H2,1H3. The van der Waals surface area contributed by atoms with E-state index in [2.05, 4.69) is 4.98 Å². The van der Waals surface area contributed by atoms with Crippen LogP contribution in [0.3, 0.4) is 0 Å². The molecular formula is C26H21F2NO3. The SMILES string of the molecule is Cc1cc2c(cc1-c1ccc(C(=O)Cc3c(F)cncc3F)cc1)OC1(CCC1)CC2=O. The van der Waals surface area contributed by atoms with Crippen LogP contribution in [0.2, 0.25) is 0 Å². The van der Waals surface area contributed by atoms with E-state index in [1.54, 1.807) is 24.3 Å². The summed E-state index contributed by atoms with van der Waals surface area (Å²) in [6.45, 7) is 1.94. The average molecular weight is 433 g/mol. The van der Waals surface area contributed by atoms with Gasteiger partial charge < -0.3 is 4.74 Å². The molecule has 4 nitrogen and oxygen atoms in total. The van der Waals surface area contributed by atoms with Gasteiger partial charge in [-0.2, -0.15) is 0 Å². The molecule has 0 unspecified atom stereocenters. The molecule has 0 N–H and O–H groups in total. The number of pyridine rings is 1. The Bertz CT molecular complexity index is 1230. The van der Waals surface area contributed by atoms with Crippen LogP contribution in [0.5, 0.6) is 5.75 Å². The Balaban J connectivity index is 1.41. The summed E-state index contributed by atoms with van der Waals surface area (Å²) in [6, 6.07) is 10.7. The molecule has 0 saturated heterocycles. The normalized spacial score (nSPS) is 16.3. The van der Waals surface area contributed by atoms with Crippen molar-refractivity contribution in [3.05, 3.63) is 82.7 Å². The molecule has 0 bridgehead atoms. The van der Waals surface area contributed by atoms with E-state index in [9.17, 15) is 18.4 Å². The molecule has 2 aliphatic rings. The summed E-state index contributed by atoms with van der Waals surface area (Å²) in [6.07, 6.45) is 4.73. The van der Waals surface area contributed by atoms with E-state index >= 15 is 0 Å². The molecule has 1 saturated carbocycles. The van der Waals surface area contributed by atoms with Crippen molar-refractivity contribution in [3.8, 4) is 16.9 Å². The fraction of sp³-hybridized carbons (Fsp3) is 0.269. The van der Waals surface area contributed by atoms with Crippen molar-refractivity contribution in [1.82, 2.24) is 4.98 Å². The lowest BCUT2D eigenvalue weighted by molar-refractivity contribution is -0.0177. The second-order valence-corrected chi connectivity index (χ2v) is 8.66. The summed E-state index contributed by atoms with van der Waals surface area (Å²) in [4.78, 5) is 28.6. The highest BCUT2D eigenvalue weighted by Crippen LogP contribution is 2.46. The Hall–Kier alpha value is -3.41. The molecule has 0 amide bonds. The van der Waals surface area contributed by atoms with Gasteiger partial charge in [-0.15, -0.1) is 0 Å². The van der Waals surface area contributed by atoms with Crippen molar-refractivity contribution >= 4 is 11.6 Å². The van der Waals surface area contributed by atoms with Crippen molar-refractivity contribution in [1.29, 1.82) is 0 Å². The van der Waals surface area contributed by atoms with Crippen molar-refractivity contribution in [2.75, 3.05) is 0 Å². The number of carbonyl (C=O) groups is 2. The molecule has 5 rings (SSSR count). The van der Waals surface area contributed by atoms with Crippen molar-refractivity contribution < 1.29 is 23.1 Å². The highest BCUT2D eigenvalue weighted by atomic mass is 19.1. The average Bonchev–Trinajstić information content (AvgIpc) is 2.75. The third-order valence-electron chi connectivity index (χ3n) is 6.51. The Labute approximate surface area is 184 Å². The largest absolute Gasteiger partial charge is 0.486 e. The topological polar surface area (TPSA) is 56.3 Å². The fourth-order valence-electron chi connectivity index (χ4n) is 4.51. The summed E-state index contributed by atoms with van der Waals surface area (Å²) in [7, 11) is 0. The summed E-state index contributed by atoms with van der Waals surface area (Å²) in [5.41, 5.74) is 3.07. The van der Waals surface area contributed by atoms with Crippen LogP contribution in [0.1, 0.15) is 57.5 Å². The van der Waals surface area contributed by atoms with Gasteiger partial charge in [0, 0.05) is 17.5 Å². The number of hydrogen-bond acceptors (Lipinski definition) is 4. The number of Topliss-reactive ketones (excluding diaryl/α,β-unsaturated/α-hetero) is 2. The van der Waals surface area contributed by atoms with Crippen molar-refractivity contribution in [2.24, 2.45) is 0 Å². The zero-order valence-corrected chi connectivity index (χ0v) is 17.6. The fourth-order valence-corrected chi connectivity index (χ4v) is 4.51. The summed E-state index contributed by atoms with van der Waals surface area (Å²) in [5.74, 6) is -1.32. The van der Waals surface area contributed by atoms with Gasteiger partial charge in [-0.25, -0.2) is 8.78 Å². The molecule has 1 aromatic heterocycles. The second-order valence-electron chi connectivity index (χ2n) is 8.66. The van der Waals surface area contributed by atoms with Gasteiger partial charge >= 0.3 is 0 Å². The van der Waals surface area contributed by atoms with E-state index in [4.69, 9.17) is 4.74 Å². The molecular weight excluding hydrogens is 412 g/mol. The van der Waals surface area contributed by atoms with Gasteiger partial charge in [0.25, 0.3) is 0 Å². The van der Waals surface area contributed by atoms with E-state index in [1.807, 2.05) is 19.1 Å². The number of hydrogen-bond donors (Lipinski definition) is 0. The third-order valence-corrected chi connectivity index (χ3v) is 6.51. The van der Waals surface area contributed by atoms with Crippen molar-refractivity contribution in [2.45, 2.75) is 44.6 Å². The number of aryl methyl sites for hydroxylation is 1. The first-order chi connectivity index (χ1) is 15.3. The summed E-state index contributed by atoms with van der Waals surface area (Å²) >= 11 is 0. The van der Waals surface area contributed by atoms with Crippen LogP contribution >= 0.6 is 0 Å². The van der Waals surface area contributed by atoms with E-state index < -0.39 is 11.6 Å². The van der Waals surface area contributed by atoms with Gasteiger partial charge in [-0.3, -0.25) is 14.6 Å². The predicted octanol–water partition coefficient (Wildman–Crippen LogP) is 5.65. The Morgan fingerprint density at radius 3 is 2.38 bits per heavy atom. The number of nitrogens with zero attached hydrogens (tertiary/aromatic N) is 1. The van der Waals surface area contributed by atoms with Gasteiger partial charge in [0.2, 0.25) is 0 Å². The molecule has 32 heavy (non-hydrogen) atoms. The number of aromatic nitrogens is 1. The van der Waals surface area contributed by atoms with Crippen LogP contribution in [0.25, 0.3) is 11.1 Å². The Morgan fingerprint density at radius 2 is 1.75 bits per heavy atom. The maximum absolute atomic E-state index is 13.8. The zero-order valence-electron chi connectivity index (χ0n) is 17.6. The first kappa shape index (κ1) is 20.5. The van der Waals surface area contributed by atoms with Crippen LogP contribution in [-0.4, -0.2) is 22.2 Å². The van der Waals surface area contributed by atoms with Crippen LogP contribution < -0.4 is 4.74 Å². The molecule has 3 aromatic rings. The molecule has 1 aliphatic heterocycles. The minimum atomic E-state index is -0.835. The van der Waals surface area contributed by atoms with Gasteiger partial charge in [0.1, 0.15) is 23.0 Å². The van der Waals surface area contributed by atoms with Crippen LogP contribution in [0.4, 0.5) is 8.78 Å². The molecule has 0 radical (unpaired) electrons. The maximum atomic E-state index is 13.8. The molecule has 6 heteroatoms. The molecule has 2 aromatic carbocycles. The number of benzene rings is 2. The molecule has 1 aliphatic carbocycles. The number of ketones is 2. The highest BCUT2D eigenvalue weighted by molar-refractivity contribution is 6.02. The molecule has 2 heterocycles. The first-order valence-corrected chi connectivity index (χ1v) is 10.6. The van der Waals surface area contributed by atoms with E-state index in [-0.39, 0.29) is 29.2 Å². The number of ether oxygens (including phenoxy) is 1. The number of halogens is 2. The quantitative estimate of drug-likeness (QED) is 0.499. The third kappa shape index (κ3) is 3.49. The van der Waals surface area contributed by atoms with Crippen molar-refractivity contribution in [3.63, 3.8) is 0 Å². The lowest BCUT2D eigenvalue weighted by atomic mass is 9.74. The highest BCUT2D eigenvalue weighted by Gasteiger charge is 2.45. The lowest BCUT2D eigenvalue weighted by Gasteiger charge is -2.44. The number of carbonyl (C=O) groups excluding carboxylic acids is 2. The van der Waals surface area contributed by atoms with Gasteiger partial charge in [0.05, 0.1) is 24.4 Å². The minimum absolute atomic E-state index is 0.122. The van der Waals surface area contributed by atoms with E-state index in [0.717, 1.165) is 48.3 Å². The Kier molecular flexibility index (Phi) is 4.88. The predicted molar refractivity (Wildman–Crippen MR) is 115 cm³/mol. The summed E-state index contributed by atoms with van der Waals surface area (Å²) in [5, 5.41) is 0. The second kappa shape index (κ2) is 7.62. The lowest BCUT2D eigenvalue weighted by Crippen LogP contribution is -2.47. The minimum Gasteiger partial charge on any atom is -0.486 e. The molecule has 162 valence electrons. The molecule has 1 fully saturated rings. The summed E-state index contributed by atoms with van der Waals surface area (Å²) < 4.78 is 33.9. The van der Waals surface area contributed by atoms with E-state index in [0.29, 0.717) is 23.3 Å². The monoisotopic (exact) mass is 433 g/mol. The van der Waals surface area contributed by atoms with Gasteiger partial charge in [0.15, 0.2) is 11.6 Å². The zero-order chi connectivity index (χ0) is 22.5. The molecule has 0 atom stereocenters. The Morgan fingerprint density at radius 1 is 1.06 bits per heavy atom. The van der Waals surface area contributed by atoms with Gasteiger partial charge in [-0.1, -0.05) is 24.3 Å². The number of rotatable bonds is 4. The van der Waals surface area contributed by atoms with Gasteiger partial charge in [-0.05, 0) is 55.0 Å². The van der Waals surface area contributed by atoms with Crippen LogP contribution in [0, 0.1) is 18.6 Å². The smallest absolute Gasteiger partial charge is 0.170 e. The van der Waals surface area contributed by atoms with Crippen LogP contribution in [-0.2, 0) is 6.42 Å². The first-order valence-electron chi connectivity index (χ1n) is 10.6. The van der Waals surface area contributed by atoms with E-state index in [1.165, 1.54) is 0 Å². The number of fused-ring (bicyclic) bond motifs is 1.